The molecule has 7 heteroatoms. The first-order valence-electron chi connectivity index (χ1n) is 12.1. The first-order valence-corrected chi connectivity index (χ1v) is 12.1. The minimum absolute atomic E-state index is 0. The average Bonchev–Trinajstić information content (AvgIpc) is 3.44. The molecule has 4 aromatic rings. The number of rotatable bonds is 4. The van der Waals surface area contributed by atoms with Gasteiger partial charge in [-0.2, -0.15) is 0 Å². The number of hydrogen-bond acceptors (Lipinski definition) is 4. The van der Waals surface area contributed by atoms with Gasteiger partial charge in [-0.05, 0) is 61.0 Å². The minimum Gasteiger partial charge on any atom is -0.343 e. The zero-order valence-corrected chi connectivity index (χ0v) is 25.2. The zero-order chi connectivity index (χ0) is 25.8. The van der Waals surface area contributed by atoms with Gasteiger partial charge in [0, 0.05) is 16.8 Å². The van der Waals surface area contributed by atoms with Gasteiger partial charge >= 0.3 is 21.1 Å². The third-order valence-electron chi connectivity index (χ3n) is 6.38. The van der Waals surface area contributed by atoms with Crippen LogP contribution in [0.15, 0.2) is 36.4 Å². The summed E-state index contributed by atoms with van der Waals surface area (Å²) >= 11 is 0. The standard InChI is InChI=1S/C29H36N6.Pt/c1-19-11-13-23(34-17-15-21(32-34)27(3,4)5)30-25(19)29(9,10)26-20(2)12-14-24(31-26)35-18-16-22(33-35)28(6,7)8;/h11-16H,1-10H3;/q-2;+2. The van der Waals surface area contributed by atoms with Gasteiger partial charge in [0.15, 0.2) is 0 Å². The van der Waals surface area contributed by atoms with Crippen LogP contribution in [-0.2, 0) is 37.3 Å². The van der Waals surface area contributed by atoms with Gasteiger partial charge in [0.25, 0.3) is 0 Å². The molecule has 6 nitrogen and oxygen atoms in total. The van der Waals surface area contributed by atoms with E-state index in [2.05, 4.69) is 93.8 Å². The van der Waals surface area contributed by atoms with Crippen molar-refractivity contribution in [3.05, 3.63) is 82.7 Å². The van der Waals surface area contributed by atoms with Gasteiger partial charge in [-0.25, -0.2) is 0 Å². The average molecular weight is 664 g/mol. The maximum atomic E-state index is 5.06. The van der Waals surface area contributed by atoms with E-state index in [-0.39, 0.29) is 31.9 Å². The zero-order valence-electron chi connectivity index (χ0n) is 23.0. The first-order chi connectivity index (χ1) is 16.2. The predicted molar refractivity (Wildman–Crippen MR) is 139 cm³/mol. The summed E-state index contributed by atoms with van der Waals surface area (Å²) in [5.74, 6) is 1.50. The summed E-state index contributed by atoms with van der Waals surface area (Å²) in [6, 6.07) is 12.1. The van der Waals surface area contributed by atoms with Crippen LogP contribution in [0.4, 0.5) is 0 Å². The Labute approximate surface area is 229 Å². The van der Waals surface area contributed by atoms with E-state index in [1.165, 1.54) is 0 Å². The Morgan fingerprint density at radius 2 is 0.972 bits per heavy atom. The van der Waals surface area contributed by atoms with Crippen LogP contribution in [0.25, 0.3) is 11.6 Å². The van der Waals surface area contributed by atoms with Crippen LogP contribution in [0, 0.1) is 26.2 Å². The molecule has 0 unspecified atom stereocenters. The molecule has 0 atom stereocenters. The molecule has 4 aromatic heterocycles. The summed E-state index contributed by atoms with van der Waals surface area (Å²) in [6.45, 7) is 21.4. The molecule has 0 N–H and O–H groups in total. The quantitative estimate of drug-likeness (QED) is 0.252. The van der Waals surface area contributed by atoms with Gasteiger partial charge in [-0.15, -0.1) is 12.1 Å². The van der Waals surface area contributed by atoms with Crippen LogP contribution in [0.5, 0.6) is 0 Å². The van der Waals surface area contributed by atoms with Gasteiger partial charge in [0.05, 0.1) is 11.6 Å². The molecule has 4 rings (SSSR count). The second-order valence-corrected chi connectivity index (χ2v) is 11.9. The largest absolute Gasteiger partial charge is 2.00 e. The fourth-order valence-electron chi connectivity index (χ4n) is 4.19. The van der Waals surface area contributed by atoms with E-state index in [9.17, 15) is 0 Å². The van der Waals surface area contributed by atoms with Crippen LogP contribution < -0.4 is 0 Å². The molecule has 0 saturated heterocycles. The topological polar surface area (TPSA) is 61.4 Å². The predicted octanol–water partition coefficient (Wildman–Crippen LogP) is 5.98. The fourth-order valence-corrected chi connectivity index (χ4v) is 4.19. The van der Waals surface area contributed by atoms with Gasteiger partial charge in [-0.1, -0.05) is 78.2 Å². The van der Waals surface area contributed by atoms with E-state index in [0.29, 0.717) is 0 Å². The molecule has 0 saturated carbocycles. The van der Waals surface area contributed by atoms with E-state index >= 15 is 0 Å². The van der Waals surface area contributed by atoms with E-state index in [0.717, 1.165) is 45.5 Å². The summed E-state index contributed by atoms with van der Waals surface area (Å²) in [6.07, 6.45) is 6.47. The molecular formula is C29H36N6Pt. The van der Waals surface area contributed by atoms with Gasteiger partial charge in [0.2, 0.25) is 0 Å². The smallest absolute Gasteiger partial charge is 0.343 e. The van der Waals surface area contributed by atoms with Gasteiger partial charge in [0.1, 0.15) is 0 Å². The molecule has 0 aromatic carbocycles. The third-order valence-corrected chi connectivity index (χ3v) is 6.38. The Morgan fingerprint density at radius 3 is 1.28 bits per heavy atom. The Morgan fingerprint density at radius 1 is 0.611 bits per heavy atom. The molecule has 0 aliphatic heterocycles. The second kappa shape index (κ2) is 9.70. The third kappa shape index (κ3) is 5.39. The van der Waals surface area contributed by atoms with Gasteiger partial charge < -0.3 is 9.36 Å². The number of aromatic nitrogens is 6. The Bertz CT molecular complexity index is 1260. The monoisotopic (exact) mass is 663 g/mol. The Kier molecular flexibility index (Phi) is 7.54. The van der Waals surface area contributed by atoms with E-state index < -0.39 is 5.41 Å². The van der Waals surface area contributed by atoms with Crippen LogP contribution in [-0.4, -0.2) is 29.5 Å². The van der Waals surface area contributed by atoms with Crippen LogP contribution in [0.3, 0.4) is 0 Å². The fraction of sp³-hybridized carbons (Fsp3) is 0.448. The molecule has 192 valence electrons. The maximum Gasteiger partial charge on any atom is 2.00 e. The van der Waals surface area contributed by atoms with Crippen LogP contribution in [0.2, 0.25) is 0 Å². The SMILES string of the molecule is Cc1ccc(-n2[c-]cc(C(C)(C)C)n2)nc1C(C)(C)c1nc(-n2[c-]cc(C(C)(C)C)n2)ccc1C.[Pt+2]. The summed E-state index contributed by atoms with van der Waals surface area (Å²) in [7, 11) is 0. The number of hydrogen-bond donors (Lipinski definition) is 0. The summed E-state index contributed by atoms with van der Waals surface area (Å²) in [5, 5.41) is 9.48. The van der Waals surface area contributed by atoms with Crippen molar-refractivity contribution >= 4 is 0 Å². The van der Waals surface area contributed by atoms with Crippen molar-refractivity contribution in [2.75, 3.05) is 0 Å². The molecule has 36 heavy (non-hydrogen) atoms. The Hall–Kier alpha value is -2.59. The van der Waals surface area contributed by atoms with Crippen molar-refractivity contribution in [1.29, 1.82) is 0 Å². The Balaban J connectivity index is 0.00000361. The summed E-state index contributed by atoms with van der Waals surface area (Å²) in [4.78, 5) is 10.1. The van der Waals surface area contributed by atoms with E-state index in [1.807, 2.05) is 24.3 Å². The van der Waals surface area contributed by atoms with E-state index in [4.69, 9.17) is 20.2 Å². The van der Waals surface area contributed by atoms with Crippen LogP contribution in [0.1, 0.15) is 89.3 Å². The molecule has 4 heterocycles. The molecule has 0 spiro atoms. The van der Waals surface area contributed by atoms with Crippen molar-refractivity contribution < 1.29 is 21.1 Å². The van der Waals surface area contributed by atoms with Crippen molar-refractivity contribution in [3.8, 4) is 11.6 Å². The molecule has 0 aliphatic rings. The van der Waals surface area contributed by atoms with Crippen molar-refractivity contribution in [2.24, 2.45) is 0 Å². The van der Waals surface area contributed by atoms with Crippen molar-refractivity contribution in [2.45, 2.75) is 85.5 Å². The number of pyridine rings is 2. The van der Waals surface area contributed by atoms with E-state index in [1.54, 1.807) is 9.36 Å². The molecule has 0 fully saturated rings. The van der Waals surface area contributed by atoms with Crippen molar-refractivity contribution in [1.82, 2.24) is 29.5 Å². The summed E-state index contributed by atoms with van der Waals surface area (Å²) in [5.41, 5.74) is 5.56. The maximum absolute atomic E-state index is 5.06. The molecule has 0 radical (unpaired) electrons. The van der Waals surface area contributed by atoms with Crippen molar-refractivity contribution in [3.63, 3.8) is 0 Å². The molecule has 0 bridgehead atoms. The molecular weight excluding hydrogens is 627 g/mol. The first kappa shape index (κ1) is 28.0. The number of nitrogens with zero attached hydrogens (tertiary/aromatic N) is 6. The van der Waals surface area contributed by atoms with Crippen LogP contribution >= 0.6 is 0 Å². The molecule has 0 aliphatic carbocycles. The second-order valence-electron chi connectivity index (χ2n) is 11.9. The minimum atomic E-state index is -0.444. The molecule has 0 amide bonds. The summed E-state index contributed by atoms with van der Waals surface area (Å²) < 4.78 is 3.48. The van der Waals surface area contributed by atoms with Gasteiger partial charge in [-0.3, -0.25) is 20.2 Å². The number of aryl methyl sites for hydroxylation is 2. The normalized spacial score (nSPS) is 12.5.